The number of carbonyl (C=O) groups is 2. The number of phenols is 1. The minimum atomic E-state index is -0.148. The predicted molar refractivity (Wildman–Crippen MR) is 127 cm³/mol. The average Bonchev–Trinajstić information content (AvgIpc) is 2.83. The number of rotatable bonds is 6. The second kappa shape index (κ2) is 10.9. The largest absolute Gasteiger partial charge is 0.508 e. The van der Waals surface area contributed by atoms with Crippen LogP contribution in [0.5, 0.6) is 5.75 Å². The van der Waals surface area contributed by atoms with Gasteiger partial charge in [0.05, 0.1) is 12.8 Å². The lowest BCUT2D eigenvalue weighted by Crippen LogP contribution is -2.50. The average molecular weight is 447 g/mol. The van der Waals surface area contributed by atoms with Crippen LogP contribution >= 0.6 is 0 Å². The summed E-state index contributed by atoms with van der Waals surface area (Å²) in [5.74, 6) is 0.172. The summed E-state index contributed by atoms with van der Waals surface area (Å²) in [4.78, 5) is 32.4. The van der Waals surface area contributed by atoms with Gasteiger partial charge in [-0.2, -0.15) is 0 Å². The van der Waals surface area contributed by atoms with Crippen LogP contribution in [0, 0.1) is 10.8 Å². The lowest BCUT2D eigenvalue weighted by atomic mass is 10.0. The molecule has 0 aliphatic carbocycles. The van der Waals surface area contributed by atoms with Crippen molar-refractivity contribution in [2.24, 2.45) is 10.7 Å². The van der Waals surface area contributed by atoms with Crippen LogP contribution in [0.1, 0.15) is 21.5 Å². The van der Waals surface area contributed by atoms with Crippen molar-refractivity contribution in [3.63, 3.8) is 0 Å². The molecule has 0 bridgehead atoms. The van der Waals surface area contributed by atoms with Crippen molar-refractivity contribution < 1.29 is 14.7 Å². The number of piperazine rings is 1. The van der Waals surface area contributed by atoms with Crippen molar-refractivity contribution in [3.05, 3.63) is 77.4 Å². The van der Waals surface area contributed by atoms with E-state index in [1.54, 1.807) is 41.3 Å². The van der Waals surface area contributed by atoms with E-state index in [4.69, 9.17) is 16.6 Å². The van der Waals surface area contributed by atoms with Crippen molar-refractivity contribution >= 4 is 29.7 Å². The molecule has 0 atom stereocenters. The molecule has 33 heavy (non-hydrogen) atoms. The highest BCUT2D eigenvalue weighted by Crippen LogP contribution is 2.15. The summed E-state index contributed by atoms with van der Waals surface area (Å²) in [5, 5.41) is 25.0. The van der Waals surface area contributed by atoms with Gasteiger partial charge in [-0.3, -0.25) is 20.4 Å². The minimum Gasteiger partial charge on any atom is -0.508 e. The molecule has 1 fully saturated rings. The number of benzene rings is 2. The van der Waals surface area contributed by atoms with Crippen LogP contribution in [0.3, 0.4) is 0 Å². The molecule has 1 aliphatic rings. The lowest BCUT2D eigenvalue weighted by molar-refractivity contribution is -0.131. The molecule has 170 valence electrons. The maximum absolute atomic E-state index is 12.7. The topological polar surface area (TPSA) is 147 Å². The van der Waals surface area contributed by atoms with Crippen molar-refractivity contribution in [3.8, 4) is 5.75 Å². The summed E-state index contributed by atoms with van der Waals surface area (Å²) in [7, 11) is 0. The van der Waals surface area contributed by atoms with E-state index in [9.17, 15) is 14.7 Å². The fourth-order valence-corrected chi connectivity index (χ4v) is 3.42. The SMILES string of the molecule is N=C(/C=C\C(=N)N1CCN(C(=O)Cc2ccc(C(=O)c3ccc(O)cc3)cc2)CC1)N=CN. The third kappa shape index (κ3) is 6.36. The number of carbonyl (C=O) groups excluding carboxylic acids is 2. The van der Waals surface area contributed by atoms with E-state index in [2.05, 4.69) is 4.99 Å². The van der Waals surface area contributed by atoms with Crippen LogP contribution < -0.4 is 5.73 Å². The molecule has 1 amide bonds. The summed E-state index contributed by atoms with van der Waals surface area (Å²) in [6.45, 7) is 2.07. The Bertz CT molecular complexity index is 1080. The van der Waals surface area contributed by atoms with Crippen LogP contribution in [0.15, 0.2) is 65.7 Å². The Morgan fingerprint density at radius 2 is 1.45 bits per heavy atom. The van der Waals surface area contributed by atoms with Crippen LogP contribution in [0.25, 0.3) is 0 Å². The van der Waals surface area contributed by atoms with E-state index < -0.39 is 0 Å². The molecule has 3 rings (SSSR count). The van der Waals surface area contributed by atoms with E-state index in [1.807, 2.05) is 4.90 Å². The molecule has 0 saturated carbocycles. The Kier molecular flexibility index (Phi) is 7.69. The van der Waals surface area contributed by atoms with E-state index in [1.165, 1.54) is 24.3 Å². The molecule has 5 N–H and O–H groups in total. The van der Waals surface area contributed by atoms with Crippen LogP contribution in [0.4, 0.5) is 0 Å². The molecule has 2 aromatic carbocycles. The first-order chi connectivity index (χ1) is 15.9. The number of aliphatic imine (C=N–C) groups is 1. The van der Waals surface area contributed by atoms with Gasteiger partial charge < -0.3 is 20.6 Å². The predicted octanol–water partition coefficient (Wildman–Crippen LogP) is 1.81. The maximum Gasteiger partial charge on any atom is 0.227 e. The lowest BCUT2D eigenvalue weighted by Gasteiger charge is -2.35. The molecule has 0 spiro atoms. The van der Waals surface area contributed by atoms with Gasteiger partial charge >= 0.3 is 0 Å². The standard InChI is InChI=1S/C24H26N6O3/c25-16-28-21(26)9-10-22(27)29-11-13-30(14-12-29)23(32)15-17-1-3-18(4-2-17)24(33)19-5-7-20(31)8-6-19/h1-10,16,27,31H,11-15H2,(H3,25,26,28)/b10-9-,27-22?. The molecule has 0 radical (unpaired) electrons. The first kappa shape index (κ1) is 23.4. The minimum absolute atomic E-state index is 0.00612. The number of hydrogen-bond acceptors (Lipinski definition) is 5. The summed E-state index contributed by atoms with van der Waals surface area (Å²) in [6.07, 6.45) is 4.16. The molecule has 2 aromatic rings. The van der Waals surface area contributed by atoms with Gasteiger partial charge in [0, 0.05) is 37.3 Å². The van der Waals surface area contributed by atoms with Gasteiger partial charge in [0.15, 0.2) is 5.78 Å². The summed E-state index contributed by atoms with van der Waals surface area (Å²) < 4.78 is 0. The summed E-state index contributed by atoms with van der Waals surface area (Å²) in [6, 6.07) is 13.1. The van der Waals surface area contributed by atoms with E-state index >= 15 is 0 Å². The van der Waals surface area contributed by atoms with Crippen molar-refractivity contribution in [2.45, 2.75) is 6.42 Å². The first-order valence-corrected chi connectivity index (χ1v) is 10.4. The molecular formula is C24H26N6O3. The summed E-state index contributed by atoms with van der Waals surface area (Å²) in [5.41, 5.74) is 6.96. The quantitative estimate of drug-likeness (QED) is 0.304. The highest BCUT2D eigenvalue weighted by Gasteiger charge is 2.22. The fraction of sp³-hybridized carbons (Fsp3) is 0.208. The first-order valence-electron chi connectivity index (χ1n) is 10.4. The summed E-state index contributed by atoms with van der Waals surface area (Å²) >= 11 is 0. The van der Waals surface area contributed by atoms with Gasteiger partial charge in [-0.1, -0.05) is 24.3 Å². The van der Waals surface area contributed by atoms with Gasteiger partial charge in [0.1, 0.15) is 17.4 Å². The van der Waals surface area contributed by atoms with Gasteiger partial charge in [-0.15, -0.1) is 0 Å². The zero-order chi connectivity index (χ0) is 23.8. The highest BCUT2D eigenvalue weighted by atomic mass is 16.3. The third-order valence-corrected chi connectivity index (χ3v) is 5.29. The van der Waals surface area contributed by atoms with Crippen LogP contribution in [0.2, 0.25) is 0 Å². The monoisotopic (exact) mass is 446 g/mol. The highest BCUT2D eigenvalue weighted by molar-refractivity contribution is 6.09. The second-order valence-electron chi connectivity index (χ2n) is 7.50. The molecule has 0 aromatic heterocycles. The zero-order valence-corrected chi connectivity index (χ0v) is 18.1. The zero-order valence-electron chi connectivity index (χ0n) is 18.1. The number of amides is 1. The van der Waals surface area contributed by atoms with Crippen LogP contribution in [-0.2, 0) is 11.2 Å². The van der Waals surface area contributed by atoms with Crippen molar-refractivity contribution in [1.29, 1.82) is 10.8 Å². The van der Waals surface area contributed by atoms with Crippen molar-refractivity contribution in [1.82, 2.24) is 9.80 Å². The van der Waals surface area contributed by atoms with Crippen molar-refractivity contribution in [2.75, 3.05) is 26.2 Å². The van der Waals surface area contributed by atoms with Gasteiger partial charge in [-0.25, -0.2) is 4.99 Å². The third-order valence-electron chi connectivity index (χ3n) is 5.29. The number of aromatic hydroxyl groups is 1. The van der Waals surface area contributed by atoms with E-state index in [-0.39, 0.29) is 35.5 Å². The van der Waals surface area contributed by atoms with Crippen LogP contribution in [-0.4, -0.2) is 70.8 Å². The number of nitrogens with one attached hydrogen (secondary N) is 2. The maximum atomic E-state index is 12.7. The number of nitrogens with zero attached hydrogens (tertiary/aromatic N) is 3. The fourth-order valence-electron chi connectivity index (χ4n) is 3.42. The number of amidine groups is 2. The molecule has 1 aliphatic heterocycles. The molecule has 1 heterocycles. The molecule has 0 unspecified atom stereocenters. The molecule has 1 saturated heterocycles. The second-order valence-corrected chi connectivity index (χ2v) is 7.50. The normalized spacial score (nSPS) is 14.1. The Balaban J connectivity index is 1.51. The Hall–Kier alpha value is -4.27. The van der Waals surface area contributed by atoms with E-state index in [0.717, 1.165) is 11.9 Å². The Labute approximate surface area is 191 Å². The Morgan fingerprint density at radius 3 is 2.03 bits per heavy atom. The number of phenolic OH excluding ortho intramolecular Hbond substituents is 1. The number of nitrogens with two attached hydrogens (primary N) is 1. The van der Waals surface area contributed by atoms with Gasteiger partial charge in [-0.05, 0) is 42.0 Å². The number of ketones is 1. The smallest absolute Gasteiger partial charge is 0.227 e. The molecular weight excluding hydrogens is 420 g/mol. The Morgan fingerprint density at radius 1 is 0.909 bits per heavy atom. The number of hydrogen-bond donors (Lipinski definition) is 4. The van der Waals surface area contributed by atoms with E-state index in [0.29, 0.717) is 37.3 Å². The molecule has 9 nitrogen and oxygen atoms in total. The molecule has 9 heteroatoms. The van der Waals surface area contributed by atoms with Gasteiger partial charge in [0.25, 0.3) is 0 Å². The van der Waals surface area contributed by atoms with Gasteiger partial charge in [0.2, 0.25) is 5.91 Å².